The minimum atomic E-state index is -0.735. The fourth-order valence-electron chi connectivity index (χ4n) is 3.43. The van der Waals surface area contributed by atoms with E-state index in [0.717, 1.165) is 44.0 Å². The standard InChI is InChI=1S/C17H28N4O2S/c1-13-20-15(12-24-13)11-21-6-2-14(3-7-21)10-19-16(22)17(18)4-8-23-9-5-17/h12,14H,2-11,18H2,1H3,(H,19,22). The van der Waals surface area contributed by atoms with Crippen LogP contribution in [0.2, 0.25) is 0 Å². The Labute approximate surface area is 147 Å². The zero-order valence-corrected chi connectivity index (χ0v) is 15.2. The maximum atomic E-state index is 12.4. The fourth-order valence-corrected chi connectivity index (χ4v) is 4.04. The molecule has 1 aromatic heterocycles. The first-order valence-electron chi connectivity index (χ1n) is 8.83. The van der Waals surface area contributed by atoms with Crippen LogP contribution in [0.5, 0.6) is 0 Å². The van der Waals surface area contributed by atoms with E-state index in [2.05, 4.69) is 20.6 Å². The van der Waals surface area contributed by atoms with Gasteiger partial charge in [0, 0.05) is 31.7 Å². The number of piperidine rings is 1. The van der Waals surface area contributed by atoms with Crippen molar-refractivity contribution in [1.82, 2.24) is 15.2 Å². The van der Waals surface area contributed by atoms with Crippen LogP contribution in [-0.2, 0) is 16.1 Å². The predicted octanol–water partition coefficient (Wildman–Crippen LogP) is 1.29. The number of aryl methyl sites for hydroxylation is 1. The van der Waals surface area contributed by atoms with E-state index in [1.54, 1.807) is 11.3 Å². The zero-order chi connectivity index (χ0) is 17.0. The highest BCUT2D eigenvalue weighted by atomic mass is 32.1. The first kappa shape index (κ1) is 17.8. The lowest BCUT2D eigenvalue weighted by molar-refractivity contribution is -0.130. The van der Waals surface area contributed by atoms with E-state index < -0.39 is 5.54 Å². The number of hydrogen-bond donors (Lipinski definition) is 2. The molecule has 0 spiro atoms. The first-order valence-corrected chi connectivity index (χ1v) is 9.71. The number of thiazole rings is 1. The van der Waals surface area contributed by atoms with Crippen molar-refractivity contribution in [3.05, 3.63) is 16.1 Å². The summed E-state index contributed by atoms with van der Waals surface area (Å²) >= 11 is 1.71. The van der Waals surface area contributed by atoms with Gasteiger partial charge in [0.15, 0.2) is 0 Å². The number of amides is 1. The second-order valence-electron chi connectivity index (χ2n) is 7.06. The Bertz CT molecular complexity index is 549. The van der Waals surface area contributed by atoms with Gasteiger partial charge in [-0.3, -0.25) is 9.69 Å². The van der Waals surface area contributed by atoms with Crippen LogP contribution in [0.4, 0.5) is 0 Å². The van der Waals surface area contributed by atoms with Crippen molar-refractivity contribution in [1.29, 1.82) is 0 Å². The molecule has 3 rings (SSSR count). The topological polar surface area (TPSA) is 80.5 Å². The highest BCUT2D eigenvalue weighted by Crippen LogP contribution is 2.21. The van der Waals surface area contributed by atoms with Crippen molar-refractivity contribution in [2.75, 3.05) is 32.8 Å². The molecule has 6 nitrogen and oxygen atoms in total. The molecule has 0 unspecified atom stereocenters. The third kappa shape index (κ3) is 4.53. The smallest absolute Gasteiger partial charge is 0.240 e. The van der Waals surface area contributed by atoms with Gasteiger partial charge >= 0.3 is 0 Å². The molecule has 1 aromatic rings. The molecule has 24 heavy (non-hydrogen) atoms. The number of likely N-dealkylation sites (tertiary alicyclic amines) is 1. The van der Waals surface area contributed by atoms with Gasteiger partial charge in [-0.2, -0.15) is 0 Å². The minimum absolute atomic E-state index is 0.00817. The maximum absolute atomic E-state index is 12.4. The molecule has 0 aliphatic carbocycles. The second-order valence-corrected chi connectivity index (χ2v) is 8.12. The van der Waals surface area contributed by atoms with Gasteiger partial charge in [0.1, 0.15) is 0 Å². The number of nitrogens with zero attached hydrogens (tertiary/aromatic N) is 2. The number of aromatic nitrogens is 1. The van der Waals surface area contributed by atoms with Crippen molar-refractivity contribution in [2.24, 2.45) is 11.7 Å². The molecule has 1 amide bonds. The van der Waals surface area contributed by atoms with Crippen molar-refractivity contribution in [3.63, 3.8) is 0 Å². The molecular formula is C17H28N4O2S. The number of nitrogens with one attached hydrogen (secondary N) is 1. The number of rotatable bonds is 5. The molecule has 0 aromatic carbocycles. The van der Waals surface area contributed by atoms with Crippen LogP contribution in [0.3, 0.4) is 0 Å². The largest absolute Gasteiger partial charge is 0.381 e. The van der Waals surface area contributed by atoms with Gasteiger partial charge in [-0.15, -0.1) is 11.3 Å². The summed E-state index contributed by atoms with van der Waals surface area (Å²) < 4.78 is 5.30. The van der Waals surface area contributed by atoms with E-state index in [1.165, 1.54) is 5.69 Å². The summed E-state index contributed by atoms with van der Waals surface area (Å²) in [5.41, 5.74) is 6.66. The van der Waals surface area contributed by atoms with Crippen LogP contribution < -0.4 is 11.1 Å². The molecule has 2 fully saturated rings. The fraction of sp³-hybridized carbons (Fsp3) is 0.765. The molecule has 0 bridgehead atoms. The van der Waals surface area contributed by atoms with Crippen LogP contribution in [0.15, 0.2) is 5.38 Å². The third-order valence-electron chi connectivity index (χ3n) is 5.15. The van der Waals surface area contributed by atoms with E-state index in [0.29, 0.717) is 32.0 Å². The van der Waals surface area contributed by atoms with Crippen molar-refractivity contribution in [2.45, 2.75) is 44.7 Å². The van der Waals surface area contributed by atoms with E-state index in [1.807, 2.05) is 6.92 Å². The highest BCUT2D eigenvalue weighted by Gasteiger charge is 2.36. The Kier molecular flexibility index (Phi) is 5.86. The summed E-state index contributed by atoms with van der Waals surface area (Å²) in [7, 11) is 0. The normalized spacial score (nSPS) is 22.4. The molecule has 3 heterocycles. The second kappa shape index (κ2) is 7.91. The molecule has 2 saturated heterocycles. The van der Waals surface area contributed by atoms with Gasteiger partial charge < -0.3 is 15.8 Å². The monoisotopic (exact) mass is 352 g/mol. The molecule has 0 saturated carbocycles. The van der Waals surface area contributed by atoms with Gasteiger partial charge in [-0.25, -0.2) is 4.98 Å². The number of nitrogens with two attached hydrogens (primary N) is 1. The summed E-state index contributed by atoms with van der Waals surface area (Å²) in [5, 5.41) is 6.36. The Morgan fingerprint density at radius 2 is 2.17 bits per heavy atom. The van der Waals surface area contributed by atoms with E-state index in [9.17, 15) is 4.79 Å². The maximum Gasteiger partial charge on any atom is 0.240 e. The van der Waals surface area contributed by atoms with E-state index in [4.69, 9.17) is 10.5 Å². The molecular weight excluding hydrogens is 324 g/mol. The molecule has 2 aliphatic rings. The quantitative estimate of drug-likeness (QED) is 0.835. The number of carbonyl (C=O) groups is 1. The predicted molar refractivity (Wildman–Crippen MR) is 94.8 cm³/mol. The highest BCUT2D eigenvalue weighted by molar-refractivity contribution is 7.09. The summed E-state index contributed by atoms with van der Waals surface area (Å²) in [6.45, 7) is 7.03. The zero-order valence-electron chi connectivity index (χ0n) is 14.4. The van der Waals surface area contributed by atoms with Gasteiger partial charge in [0.2, 0.25) is 5.91 Å². The van der Waals surface area contributed by atoms with Crippen molar-refractivity contribution in [3.8, 4) is 0 Å². The molecule has 0 radical (unpaired) electrons. The lowest BCUT2D eigenvalue weighted by Crippen LogP contribution is -2.57. The molecule has 3 N–H and O–H groups in total. The first-order chi connectivity index (χ1) is 11.5. The Morgan fingerprint density at radius 3 is 2.79 bits per heavy atom. The third-order valence-corrected chi connectivity index (χ3v) is 5.97. The number of ether oxygens (including phenoxy) is 1. The average molecular weight is 353 g/mol. The van der Waals surface area contributed by atoms with Gasteiger partial charge in [-0.1, -0.05) is 0 Å². The molecule has 0 atom stereocenters. The lowest BCUT2D eigenvalue weighted by Gasteiger charge is -2.34. The van der Waals surface area contributed by atoms with Gasteiger partial charge in [-0.05, 0) is 51.6 Å². The molecule has 134 valence electrons. The summed E-state index contributed by atoms with van der Waals surface area (Å²) in [5.74, 6) is 0.539. The van der Waals surface area contributed by atoms with E-state index in [-0.39, 0.29) is 5.91 Å². The van der Waals surface area contributed by atoms with Gasteiger partial charge in [0.25, 0.3) is 0 Å². The SMILES string of the molecule is Cc1nc(CN2CCC(CNC(=O)C3(N)CCOCC3)CC2)cs1. The molecule has 7 heteroatoms. The van der Waals surface area contributed by atoms with Crippen LogP contribution >= 0.6 is 11.3 Å². The van der Waals surface area contributed by atoms with E-state index >= 15 is 0 Å². The Hall–Kier alpha value is -1.02. The summed E-state index contributed by atoms with van der Waals surface area (Å²) in [6, 6.07) is 0. The minimum Gasteiger partial charge on any atom is -0.381 e. The van der Waals surface area contributed by atoms with Crippen LogP contribution in [0.25, 0.3) is 0 Å². The lowest BCUT2D eigenvalue weighted by atomic mass is 9.89. The average Bonchev–Trinajstić information content (AvgIpc) is 2.99. The van der Waals surface area contributed by atoms with Gasteiger partial charge in [0.05, 0.1) is 16.2 Å². The Balaban J connectivity index is 1.38. The van der Waals surface area contributed by atoms with Crippen LogP contribution in [0.1, 0.15) is 36.4 Å². The summed E-state index contributed by atoms with van der Waals surface area (Å²) in [4.78, 5) is 19.4. The van der Waals surface area contributed by atoms with Crippen molar-refractivity contribution >= 4 is 17.2 Å². The summed E-state index contributed by atoms with van der Waals surface area (Å²) in [6.07, 6.45) is 3.46. The number of hydrogen-bond acceptors (Lipinski definition) is 6. The van der Waals surface area contributed by atoms with Crippen LogP contribution in [-0.4, -0.2) is 54.2 Å². The Morgan fingerprint density at radius 1 is 1.46 bits per heavy atom. The van der Waals surface area contributed by atoms with Crippen LogP contribution in [0, 0.1) is 12.8 Å². The molecule has 2 aliphatic heterocycles. The van der Waals surface area contributed by atoms with Crippen molar-refractivity contribution < 1.29 is 9.53 Å². The number of carbonyl (C=O) groups excluding carboxylic acids is 1.